The van der Waals surface area contributed by atoms with E-state index in [9.17, 15) is 9.90 Å². The van der Waals surface area contributed by atoms with E-state index >= 15 is 0 Å². The predicted molar refractivity (Wildman–Crippen MR) is 96.1 cm³/mol. The molecule has 2 N–H and O–H groups in total. The zero-order valence-electron chi connectivity index (χ0n) is 13.9. The van der Waals surface area contributed by atoms with Crippen LogP contribution in [0.1, 0.15) is 22.0 Å². The fourth-order valence-electron chi connectivity index (χ4n) is 2.55. The first-order valence-electron chi connectivity index (χ1n) is 8.01. The van der Waals surface area contributed by atoms with Gasteiger partial charge in [0.15, 0.2) is 0 Å². The molecule has 1 heterocycles. The third kappa shape index (κ3) is 4.08. The number of nitrogens with one attached hydrogen (secondary N) is 1. The summed E-state index contributed by atoms with van der Waals surface area (Å²) in [5.74, 6) is 0.503. The molecule has 3 aromatic rings. The first-order valence-corrected chi connectivity index (χ1v) is 8.01. The van der Waals surface area contributed by atoms with Gasteiger partial charge in [-0.05, 0) is 48.0 Å². The molecule has 1 unspecified atom stereocenters. The first-order chi connectivity index (χ1) is 12.2. The fraction of sp³-hybridized carbons (Fsp3) is 0.150. The second-order valence-corrected chi connectivity index (χ2v) is 5.64. The highest BCUT2D eigenvalue weighted by Crippen LogP contribution is 2.17. The van der Waals surface area contributed by atoms with Gasteiger partial charge in [-0.25, -0.2) is 0 Å². The molecular formula is C20H20N2O3. The molecule has 0 fully saturated rings. The minimum atomic E-state index is -0.775. The van der Waals surface area contributed by atoms with Crippen molar-refractivity contribution >= 4 is 5.91 Å². The highest BCUT2D eigenvalue weighted by molar-refractivity contribution is 5.94. The number of amides is 1. The first kappa shape index (κ1) is 16.8. The number of aromatic nitrogens is 1. The Balaban J connectivity index is 1.63. The van der Waals surface area contributed by atoms with E-state index in [1.165, 1.54) is 0 Å². The molecule has 25 heavy (non-hydrogen) atoms. The number of benzene rings is 2. The minimum absolute atomic E-state index is 0.138. The Bertz CT molecular complexity index is 826. The van der Waals surface area contributed by atoms with Gasteiger partial charge in [-0.15, -0.1) is 0 Å². The van der Waals surface area contributed by atoms with Crippen LogP contribution in [0.3, 0.4) is 0 Å². The topological polar surface area (TPSA) is 63.5 Å². The Labute approximate surface area is 146 Å². The van der Waals surface area contributed by atoms with Gasteiger partial charge in [-0.2, -0.15) is 0 Å². The average molecular weight is 336 g/mol. The summed E-state index contributed by atoms with van der Waals surface area (Å²) in [5, 5.41) is 13.0. The fourth-order valence-corrected chi connectivity index (χ4v) is 2.55. The lowest BCUT2D eigenvalue weighted by Crippen LogP contribution is -2.28. The summed E-state index contributed by atoms with van der Waals surface area (Å²) in [5.41, 5.74) is 2.18. The van der Waals surface area contributed by atoms with Crippen LogP contribution in [0.15, 0.2) is 73.1 Å². The largest absolute Gasteiger partial charge is 0.497 e. The summed E-state index contributed by atoms with van der Waals surface area (Å²) < 4.78 is 7.03. The van der Waals surface area contributed by atoms with Gasteiger partial charge < -0.3 is 19.7 Å². The van der Waals surface area contributed by atoms with Crippen molar-refractivity contribution in [3.63, 3.8) is 0 Å². The number of aliphatic hydroxyl groups excluding tert-OH is 1. The van der Waals surface area contributed by atoms with Gasteiger partial charge in [-0.1, -0.05) is 18.2 Å². The summed E-state index contributed by atoms with van der Waals surface area (Å²) in [7, 11) is 1.59. The van der Waals surface area contributed by atoms with Crippen LogP contribution in [0.5, 0.6) is 5.75 Å². The SMILES string of the molecule is COc1ccc(C(O)CNC(=O)c2cccc(-n3cccc3)c2)cc1. The molecule has 0 bridgehead atoms. The number of aliphatic hydroxyl groups is 1. The van der Waals surface area contributed by atoms with Crippen LogP contribution in [0.25, 0.3) is 5.69 Å². The molecule has 0 spiro atoms. The standard InChI is InChI=1S/C20H20N2O3/c1-25-18-9-7-15(8-10-18)19(23)14-21-20(24)16-5-4-6-17(13-16)22-11-2-3-12-22/h2-13,19,23H,14H2,1H3,(H,21,24). The Morgan fingerprint density at radius 3 is 2.52 bits per heavy atom. The normalized spacial score (nSPS) is 11.8. The Kier molecular flexibility index (Phi) is 5.16. The Morgan fingerprint density at radius 2 is 1.84 bits per heavy atom. The molecule has 0 radical (unpaired) electrons. The van der Waals surface area contributed by atoms with Crippen molar-refractivity contribution in [1.29, 1.82) is 0 Å². The zero-order valence-corrected chi connectivity index (χ0v) is 13.9. The van der Waals surface area contributed by atoms with Crippen molar-refractivity contribution < 1.29 is 14.6 Å². The molecule has 2 aromatic carbocycles. The van der Waals surface area contributed by atoms with E-state index in [0.29, 0.717) is 5.56 Å². The molecule has 0 aliphatic rings. The van der Waals surface area contributed by atoms with E-state index < -0.39 is 6.10 Å². The van der Waals surface area contributed by atoms with Crippen LogP contribution in [0, 0.1) is 0 Å². The number of nitrogens with zero attached hydrogens (tertiary/aromatic N) is 1. The molecule has 1 amide bonds. The summed E-state index contributed by atoms with van der Waals surface area (Å²) in [4.78, 5) is 12.4. The maximum Gasteiger partial charge on any atom is 0.251 e. The average Bonchev–Trinajstić information content (AvgIpc) is 3.21. The van der Waals surface area contributed by atoms with Crippen LogP contribution in [-0.2, 0) is 0 Å². The third-order valence-electron chi connectivity index (χ3n) is 3.97. The maximum absolute atomic E-state index is 12.4. The number of methoxy groups -OCH3 is 1. The van der Waals surface area contributed by atoms with Crippen molar-refractivity contribution in [2.45, 2.75) is 6.10 Å². The number of hydrogen-bond donors (Lipinski definition) is 2. The molecule has 0 saturated heterocycles. The van der Waals surface area contributed by atoms with E-state index in [-0.39, 0.29) is 12.5 Å². The highest BCUT2D eigenvalue weighted by atomic mass is 16.5. The molecule has 3 rings (SSSR count). The van der Waals surface area contributed by atoms with Gasteiger partial charge in [0.1, 0.15) is 5.75 Å². The molecule has 5 nitrogen and oxygen atoms in total. The highest BCUT2D eigenvalue weighted by Gasteiger charge is 2.11. The third-order valence-corrected chi connectivity index (χ3v) is 3.97. The van der Waals surface area contributed by atoms with Gasteiger partial charge in [0.05, 0.1) is 13.2 Å². The van der Waals surface area contributed by atoms with Crippen LogP contribution < -0.4 is 10.1 Å². The lowest BCUT2D eigenvalue weighted by Gasteiger charge is -2.13. The molecule has 1 aromatic heterocycles. The second-order valence-electron chi connectivity index (χ2n) is 5.64. The van der Waals surface area contributed by atoms with Gasteiger partial charge in [0.25, 0.3) is 5.91 Å². The number of carbonyl (C=O) groups excluding carboxylic acids is 1. The van der Waals surface area contributed by atoms with Gasteiger partial charge in [0.2, 0.25) is 0 Å². The van der Waals surface area contributed by atoms with Gasteiger partial charge in [0, 0.05) is 30.2 Å². The molecular weight excluding hydrogens is 316 g/mol. The zero-order chi connectivity index (χ0) is 17.6. The van der Waals surface area contributed by atoms with Crippen molar-refractivity contribution in [3.05, 3.63) is 84.2 Å². The van der Waals surface area contributed by atoms with E-state index in [0.717, 1.165) is 17.0 Å². The number of rotatable bonds is 6. The van der Waals surface area contributed by atoms with E-state index in [1.807, 2.05) is 47.3 Å². The second kappa shape index (κ2) is 7.68. The van der Waals surface area contributed by atoms with Gasteiger partial charge >= 0.3 is 0 Å². The smallest absolute Gasteiger partial charge is 0.251 e. The monoisotopic (exact) mass is 336 g/mol. The summed E-state index contributed by atoms with van der Waals surface area (Å²) >= 11 is 0. The summed E-state index contributed by atoms with van der Waals surface area (Å²) in [6.45, 7) is 0.138. The van der Waals surface area contributed by atoms with Crippen molar-refractivity contribution in [2.75, 3.05) is 13.7 Å². The summed E-state index contributed by atoms with van der Waals surface area (Å²) in [6, 6.07) is 18.3. The Morgan fingerprint density at radius 1 is 1.12 bits per heavy atom. The number of ether oxygens (including phenoxy) is 1. The summed E-state index contributed by atoms with van der Waals surface area (Å²) in [6.07, 6.45) is 3.07. The lowest BCUT2D eigenvalue weighted by atomic mass is 10.1. The van der Waals surface area contributed by atoms with E-state index in [1.54, 1.807) is 37.4 Å². The molecule has 5 heteroatoms. The van der Waals surface area contributed by atoms with E-state index in [2.05, 4.69) is 5.32 Å². The number of carbonyl (C=O) groups is 1. The van der Waals surface area contributed by atoms with Crippen molar-refractivity contribution in [1.82, 2.24) is 9.88 Å². The Hall–Kier alpha value is -3.05. The molecule has 0 saturated carbocycles. The van der Waals surface area contributed by atoms with Gasteiger partial charge in [-0.3, -0.25) is 4.79 Å². The van der Waals surface area contributed by atoms with Crippen molar-refractivity contribution in [2.24, 2.45) is 0 Å². The van der Waals surface area contributed by atoms with Crippen molar-refractivity contribution in [3.8, 4) is 11.4 Å². The van der Waals surface area contributed by atoms with E-state index in [4.69, 9.17) is 4.74 Å². The minimum Gasteiger partial charge on any atom is -0.497 e. The molecule has 1 atom stereocenters. The maximum atomic E-state index is 12.4. The van der Waals surface area contributed by atoms with Crippen LogP contribution in [-0.4, -0.2) is 29.2 Å². The lowest BCUT2D eigenvalue weighted by molar-refractivity contribution is 0.0916. The van der Waals surface area contributed by atoms with Crippen LogP contribution in [0.4, 0.5) is 0 Å². The molecule has 128 valence electrons. The number of hydrogen-bond acceptors (Lipinski definition) is 3. The molecule has 0 aliphatic heterocycles. The predicted octanol–water partition coefficient (Wildman–Crippen LogP) is 2.95. The quantitative estimate of drug-likeness (QED) is 0.727. The van der Waals surface area contributed by atoms with Crippen LogP contribution >= 0.6 is 0 Å². The molecule has 0 aliphatic carbocycles. The van der Waals surface area contributed by atoms with Crippen LogP contribution in [0.2, 0.25) is 0 Å².